The van der Waals surface area contributed by atoms with Crippen molar-refractivity contribution in [2.24, 2.45) is 0 Å². The minimum atomic E-state index is 0.00856. The molecular formula is C124H78N14. The number of nitrogens with zero attached hydrogens (tertiary/aromatic N) is 14. The van der Waals surface area contributed by atoms with Gasteiger partial charge in [0.05, 0.1) is 27.8 Å². The van der Waals surface area contributed by atoms with Gasteiger partial charge < -0.3 is 9.13 Å². The molecule has 6 aliphatic rings. The fourth-order valence-electron chi connectivity index (χ4n) is 21.6. The second-order valence-corrected chi connectivity index (χ2v) is 35.6. The minimum Gasteiger partial charge on any atom is -0.309 e. The highest BCUT2D eigenvalue weighted by Crippen LogP contribution is 2.59. The Morgan fingerprint density at radius 1 is 0.138 bits per heavy atom. The second kappa shape index (κ2) is 32.8. The van der Waals surface area contributed by atoms with Gasteiger partial charge in [0, 0.05) is 118 Å². The molecule has 4 atom stereocenters. The van der Waals surface area contributed by atoms with E-state index in [1.165, 1.54) is 88.3 Å². The maximum Gasteiger partial charge on any atom is 0.166 e. The Kier molecular flexibility index (Phi) is 18.9. The molecule has 6 aliphatic carbocycles. The number of para-hydroxylation sites is 5. The molecule has 4 unspecified atom stereocenters. The number of benzene rings is 18. The Labute approximate surface area is 794 Å². The van der Waals surface area contributed by atoms with Crippen molar-refractivity contribution < 1.29 is 0 Å². The van der Waals surface area contributed by atoms with Gasteiger partial charge in [0.2, 0.25) is 0 Å². The summed E-state index contributed by atoms with van der Waals surface area (Å²) in [6, 6.07) is 157. The molecule has 0 radical (unpaired) electrons. The molecular weight excluding hydrogens is 1690 g/mol. The Morgan fingerprint density at radius 3 is 0.638 bits per heavy atom. The molecule has 0 fully saturated rings. The lowest BCUT2D eigenvalue weighted by atomic mass is 9.61. The zero-order chi connectivity index (χ0) is 90.8. The molecule has 6 aromatic heterocycles. The normalized spacial score (nSPS) is 14.4. The van der Waals surface area contributed by atoms with Crippen LogP contribution in [0.1, 0.15) is 90.4 Å². The molecule has 24 aromatic rings. The van der Waals surface area contributed by atoms with Crippen LogP contribution in [-0.2, 0) is 0 Å². The van der Waals surface area contributed by atoms with Crippen molar-refractivity contribution in [2.75, 3.05) is 0 Å². The topological polar surface area (TPSA) is 165 Å². The number of hydrogen-bond acceptors (Lipinski definition) is 12. The summed E-state index contributed by atoms with van der Waals surface area (Å²) < 4.78 is 4.67. The van der Waals surface area contributed by atoms with E-state index >= 15 is 0 Å². The summed E-state index contributed by atoms with van der Waals surface area (Å²) in [5, 5.41) is 4.84. The summed E-state index contributed by atoms with van der Waals surface area (Å²) in [6.07, 6.45) is 0. The minimum absolute atomic E-state index is 0.00856. The van der Waals surface area contributed by atoms with E-state index in [4.69, 9.17) is 59.8 Å². The van der Waals surface area contributed by atoms with Crippen LogP contribution in [0.15, 0.2) is 449 Å². The third-order valence-electron chi connectivity index (χ3n) is 27.7. The first-order valence-corrected chi connectivity index (χ1v) is 46.7. The molecule has 4 bridgehead atoms. The fraction of sp³-hybridized carbons (Fsp3) is 0.0323. The van der Waals surface area contributed by atoms with E-state index in [1.54, 1.807) is 0 Å². The van der Waals surface area contributed by atoms with Crippen molar-refractivity contribution in [3.8, 4) is 148 Å². The van der Waals surface area contributed by atoms with Crippen LogP contribution in [0, 0.1) is 0 Å². The lowest BCUT2D eigenvalue weighted by molar-refractivity contribution is 0.754. The molecule has 0 saturated heterocycles. The summed E-state index contributed by atoms with van der Waals surface area (Å²) in [4.78, 5) is 61.9. The highest BCUT2D eigenvalue weighted by molar-refractivity contribution is 6.11. The molecule has 0 amide bonds. The first-order chi connectivity index (χ1) is 68.4. The summed E-state index contributed by atoms with van der Waals surface area (Å²) in [6.45, 7) is 0. The molecule has 0 N–H and O–H groups in total. The van der Waals surface area contributed by atoms with Gasteiger partial charge in [-0.1, -0.05) is 376 Å². The van der Waals surface area contributed by atoms with Gasteiger partial charge >= 0.3 is 0 Å². The van der Waals surface area contributed by atoms with Crippen molar-refractivity contribution in [3.63, 3.8) is 0 Å². The Bertz CT molecular complexity index is 8770. The van der Waals surface area contributed by atoms with Crippen LogP contribution >= 0.6 is 0 Å². The second-order valence-electron chi connectivity index (χ2n) is 35.6. The van der Waals surface area contributed by atoms with Crippen LogP contribution in [-0.4, -0.2) is 68.9 Å². The van der Waals surface area contributed by atoms with E-state index in [1.807, 2.05) is 158 Å². The monoisotopic (exact) mass is 1760 g/mol. The summed E-state index contributed by atoms with van der Waals surface area (Å²) >= 11 is 0. The zero-order valence-corrected chi connectivity index (χ0v) is 74.3. The lowest BCUT2D eigenvalue weighted by Crippen LogP contribution is -2.27. The number of hydrogen-bond donors (Lipinski definition) is 0. The maximum atomic E-state index is 5.38. The SMILES string of the molecule is c1ccc(-c2nc(-c3ccccc3)nc(-c3ccc4c(c3)C3c5ccccc5C4c4cc(-c5nc(-c6ccccc6)nc(-c6cccc(-n7c8ccccc8c8ccccc87)c6)n5)ccc43)n2)cc1.c1ccc(-c2nc(-c3ccccc3)nc(-c3ccc4c(c3)C3c5ccccc5C4c4cc(-c5nc(-c6ccccc6)nc(-c6ccccc6-n6c7ccccc7c7ccccc76)n5)ccc43)n2)cc1. The van der Waals surface area contributed by atoms with Crippen molar-refractivity contribution in [3.05, 3.63) is 516 Å². The standard InChI is InChI=1S/2C62H39N7/c1-4-18-38(19-5-1)57-63-58(39-20-6-2-7-21-39)65-60(64-57)41-32-34-47-50(36-41)55-45-26-10-11-27-46(45)56(47)51-37-42(33-35-48(51)55)61-66-59(40-22-8-3-9-23-40)67-62(68-61)49-28-14-17-31-54(49)69-52-29-15-12-24-43(52)44-25-13-16-30-53(44)69;1-4-17-38(18-5-1)57-63-58(39-19-6-2-7-20-39)66-61(65-57)42-31-33-49-51(36-42)55-47-27-10-11-28-48(47)56(49)52-37-43(32-34-50(52)55)62-67-59(40-21-8-3-9-22-40)64-60(68-62)41-23-16-24-44(35-41)69-53-29-14-12-25-45(53)46-26-13-15-30-54(46)69/h2*1-37,55-56H. The van der Waals surface area contributed by atoms with Crippen LogP contribution in [0.25, 0.3) is 192 Å². The molecule has 138 heavy (non-hydrogen) atoms. The Balaban J connectivity index is 0.000000139. The molecule has 18 aromatic carbocycles. The van der Waals surface area contributed by atoms with Gasteiger partial charge in [0.1, 0.15) is 0 Å². The van der Waals surface area contributed by atoms with E-state index in [-0.39, 0.29) is 23.7 Å². The van der Waals surface area contributed by atoms with E-state index in [9.17, 15) is 0 Å². The quantitative estimate of drug-likeness (QED) is 0.101. The number of fused-ring (bicyclic) bond motifs is 6. The van der Waals surface area contributed by atoms with Crippen molar-refractivity contribution >= 4 is 43.6 Å². The van der Waals surface area contributed by atoms with Crippen LogP contribution in [0.2, 0.25) is 0 Å². The Hall–Kier alpha value is -18.4. The van der Waals surface area contributed by atoms with Gasteiger partial charge in [-0.25, -0.2) is 59.8 Å². The van der Waals surface area contributed by atoms with Crippen molar-refractivity contribution in [2.45, 2.75) is 23.7 Å². The highest BCUT2D eigenvalue weighted by Gasteiger charge is 2.44. The molecule has 30 rings (SSSR count). The van der Waals surface area contributed by atoms with Gasteiger partial charge in [-0.05, 0) is 140 Å². The van der Waals surface area contributed by atoms with Gasteiger partial charge in [-0.2, -0.15) is 0 Å². The van der Waals surface area contributed by atoms with Gasteiger partial charge in [-0.15, -0.1) is 0 Å². The average Bonchev–Trinajstić information content (AvgIpc) is 0.779. The largest absolute Gasteiger partial charge is 0.309 e. The van der Waals surface area contributed by atoms with E-state index < -0.39 is 0 Å². The fourth-order valence-corrected chi connectivity index (χ4v) is 21.6. The third-order valence-corrected chi connectivity index (χ3v) is 27.7. The van der Waals surface area contributed by atoms with Gasteiger partial charge in [-0.3, -0.25) is 0 Å². The number of aromatic nitrogens is 14. The van der Waals surface area contributed by atoms with Crippen molar-refractivity contribution in [1.29, 1.82) is 0 Å². The third kappa shape index (κ3) is 13.5. The summed E-state index contributed by atoms with van der Waals surface area (Å²) in [5.74, 6) is 7.69. The zero-order valence-electron chi connectivity index (χ0n) is 74.3. The van der Waals surface area contributed by atoms with Gasteiger partial charge in [0.25, 0.3) is 0 Å². The summed E-state index contributed by atoms with van der Waals surface area (Å²) in [7, 11) is 0. The maximum absolute atomic E-state index is 5.38. The smallest absolute Gasteiger partial charge is 0.166 e. The molecule has 6 heterocycles. The van der Waals surface area contributed by atoms with E-state index in [2.05, 4.69) is 300 Å². The first kappa shape index (κ1) is 79.4. The predicted molar refractivity (Wildman–Crippen MR) is 550 cm³/mol. The van der Waals surface area contributed by atoms with Crippen LogP contribution in [0.4, 0.5) is 0 Å². The molecule has 0 spiro atoms. The van der Waals surface area contributed by atoms with Crippen LogP contribution in [0.3, 0.4) is 0 Å². The lowest BCUT2D eigenvalue weighted by Gasteiger charge is -2.42. The first-order valence-electron chi connectivity index (χ1n) is 46.7. The van der Waals surface area contributed by atoms with Crippen molar-refractivity contribution in [1.82, 2.24) is 68.9 Å². The highest BCUT2D eigenvalue weighted by atomic mass is 15.1. The Morgan fingerprint density at radius 2 is 0.348 bits per heavy atom. The molecule has 0 saturated carbocycles. The van der Waals surface area contributed by atoms with E-state index in [0.29, 0.717) is 69.9 Å². The van der Waals surface area contributed by atoms with Crippen LogP contribution < -0.4 is 0 Å². The van der Waals surface area contributed by atoms with E-state index in [0.717, 1.165) is 100 Å². The molecule has 0 aliphatic heterocycles. The predicted octanol–water partition coefficient (Wildman–Crippen LogP) is 28.3. The molecule has 14 heteroatoms. The molecule has 14 nitrogen and oxygen atoms in total. The summed E-state index contributed by atoms with van der Waals surface area (Å²) in [5.41, 5.74) is 33.4. The number of rotatable bonds is 14. The van der Waals surface area contributed by atoms with Gasteiger partial charge in [0.15, 0.2) is 69.9 Å². The molecule has 644 valence electrons. The van der Waals surface area contributed by atoms with Crippen LogP contribution in [0.5, 0.6) is 0 Å². The average molecular weight is 1760 g/mol.